The Hall–Kier alpha value is -1.81. The van der Waals surface area contributed by atoms with Crippen LogP contribution in [0.5, 0.6) is 5.75 Å². The van der Waals surface area contributed by atoms with Crippen molar-refractivity contribution in [3.05, 3.63) is 48.3 Å². The molecule has 1 heterocycles. The molecule has 0 saturated heterocycles. The molecule has 96 valence electrons. The average molecular weight is 245 g/mol. The molecule has 0 spiro atoms. The van der Waals surface area contributed by atoms with Gasteiger partial charge >= 0.3 is 0 Å². The highest BCUT2D eigenvalue weighted by Gasteiger charge is 1.95. The van der Waals surface area contributed by atoms with Crippen molar-refractivity contribution >= 4 is 0 Å². The number of para-hydroxylation sites is 1. The summed E-state index contributed by atoms with van der Waals surface area (Å²) in [6.07, 6.45) is 4.90. The van der Waals surface area contributed by atoms with Gasteiger partial charge in [-0.3, -0.25) is 4.68 Å². The Morgan fingerprint density at radius 3 is 2.83 bits per heavy atom. The van der Waals surface area contributed by atoms with E-state index >= 15 is 0 Å². The fourth-order valence-electron chi connectivity index (χ4n) is 1.70. The predicted octanol–water partition coefficient (Wildman–Crippen LogP) is 1.98. The summed E-state index contributed by atoms with van der Waals surface area (Å²) in [4.78, 5) is 0. The van der Waals surface area contributed by atoms with Crippen LogP contribution in [0.2, 0.25) is 0 Å². The summed E-state index contributed by atoms with van der Waals surface area (Å²) < 4.78 is 7.42. The number of hydrogen-bond donors (Lipinski definition) is 1. The van der Waals surface area contributed by atoms with Crippen molar-refractivity contribution in [2.75, 3.05) is 13.2 Å². The van der Waals surface area contributed by atoms with E-state index < -0.39 is 0 Å². The second-order valence-corrected chi connectivity index (χ2v) is 4.21. The van der Waals surface area contributed by atoms with Crippen molar-refractivity contribution in [1.29, 1.82) is 0 Å². The number of nitrogens with one attached hydrogen (secondary N) is 1. The molecule has 1 aromatic heterocycles. The zero-order chi connectivity index (χ0) is 12.6. The summed E-state index contributed by atoms with van der Waals surface area (Å²) in [5.74, 6) is 0.935. The van der Waals surface area contributed by atoms with Gasteiger partial charge < -0.3 is 10.1 Å². The minimum absolute atomic E-state index is 0.740. The van der Waals surface area contributed by atoms with Gasteiger partial charge in [0, 0.05) is 25.4 Å². The third kappa shape index (κ3) is 4.22. The highest BCUT2D eigenvalue weighted by molar-refractivity contribution is 5.20. The molecule has 4 nitrogen and oxygen atoms in total. The zero-order valence-corrected chi connectivity index (χ0v) is 10.7. The summed E-state index contributed by atoms with van der Waals surface area (Å²) in [6, 6.07) is 9.90. The first-order chi connectivity index (χ1) is 8.84. The van der Waals surface area contributed by atoms with E-state index in [1.807, 2.05) is 54.5 Å². The van der Waals surface area contributed by atoms with Gasteiger partial charge in [-0.05, 0) is 25.1 Å². The molecule has 0 aliphatic heterocycles. The molecule has 0 atom stereocenters. The molecule has 1 aromatic carbocycles. The molecule has 1 N–H and O–H groups in total. The van der Waals surface area contributed by atoms with Crippen LogP contribution in [0.3, 0.4) is 0 Å². The van der Waals surface area contributed by atoms with E-state index in [9.17, 15) is 0 Å². The molecular formula is C14H19N3O. The van der Waals surface area contributed by atoms with Gasteiger partial charge in [-0.15, -0.1) is 0 Å². The molecule has 0 amide bonds. The van der Waals surface area contributed by atoms with E-state index in [-0.39, 0.29) is 0 Å². The molecule has 18 heavy (non-hydrogen) atoms. The number of benzene rings is 1. The number of ether oxygens (including phenoxy) is 1. The standard InChI is InChI=1S/C14H19N3O/c1-17-12-13(11-16-17)10-15-8-5-9-18-14-6-3-2-4-7-14/h2-4,6-7,11-12,15H,5,8-10H2,1H3. The van der Waals surface area contributed by atoms with Crippen LogP contribution in [-0.2, 0) is 13.6 Å². The van der Waals surface area contributed by atoms with Crippen LogP contribution in [0.4, 0.5) is 0 Å². The largest absolute Gasteiger partial charge is 0.494 e. The van der Waals surface area contributed by atoms with Crippen molar-refractivity contribution in [2.24, 2.45) is 7.05 Å². The van der Waals surface area contributed by atoms with E-state index in [1.165, 1.54) is 5.56 Å². The van der Waals surface area contributed by atoms with Gasteiger partial charge in [0.1, 0.15) is 5.75 Å². The first-order valence-corrected chi connectivity index (χ1v) is 6.21. The Balaban J connectivity index is 1.54. The molecule has 0 aliphatic rings. The van der Waals surface area contributed by atoms with E-state index in [2.05, 4.69) is 10.4 Å². The highest BCUT2D eigenvalue weighted by Crippen LogP contribution is 2.08. The molecule has 2 rings (SSSR count). The molecule has 0 unspecified atom stereocenters. The number of rotatable bonds is 7. The van der Waals surface area contributed by atoms with Crippen LogP contribution >= 0.6 is 0 Å². The number of aryl methyl sites for hydroxylation is 1. The molecule has 4 heteroatoms. The normalized spacial score (nSPS) is 10.5. The molecular weight excluding hydrogens is 226 g/mol. The third-order valence-corrected chi connectivity index (χ3v) is 2.60. The van der Waals surface area contributed by atoms with Crippen LogP contribution in [0.25, 0.3) is 0 Å². The first-order valence-electron chi connectivity index (χ1n) is 6.21. The summed E-state index contributed by atoms with van der Waals surface area (Å²) in [7, 11) is 1.93. The second kappa shape index (κ2) is 6.81. The minimum Gasteiger partial charge on any atom is -0.494 e. The van der Waals surface area contributed by atoms with Crippen LogP contribution in [0.15, 0.2) is 42.7 Å². The molecule has 0 fully saturated rings. The fourth-order valence-corrected chi connectivity index (χ4v) is 1.70. The monoisotopic (exact) mass is 245 g/mol. The SMILES string of the molecule is Cn1cc(CNCCCOc2ccccc2)cn1. The number of aromatic nitrogens is 2. The lowest BCUT2D eigenvalue weighted by Crippen LogP contribution is -2.16. The van der Waals surface area contributed by atoms with E-state index in [0.717, 1.165) is 31.9 Å². The smallest absolute Gasteiger partial charge is 0.119 e. The summed E-state index contributed by atoms with van der Waals surface area (Å²) in [6.45, 7) is 2.55. The number of nitrogens with zero attached hydrogens (tertiary/aromatic N) is 2. The number of hydrogen-bond acceptors (Lipinski definition) is 3. The lowest BCUT2D eigenvalue weighted by Gasteiger charge is -2.06. The van der Waals surface area contributed by atoms with Crippen LogP contribution < -0.4 is 10.1 Å². The van der Waals surface area contributed by atoms with Gasteiger partial charge in [-0.25, -0.2) is 0 Å². The van der Waals surface area contributed by atoms with Gasteiger partial charge in [-0.2, -0.15) is 5.10 Å². The molecule has 0 aliphatic carbocycles. The fraction of sp³-hybridized carbons (Fsp3) is 0.357. The van der Waals surface area contributed by atoms with Gasteiger partial charge in [0.05, 0.1) is 12.8 Å². The van der Waals surface area contributed by atoms with Gasteiger partial charge in [-0.1, -0.05) is 18.2 Å². The van der Waals surface area contributed by atoms with Crippen LogP contribution in [0, 0.1) is 0 Å². The Morgan fingerprint density at radius 2 is 2.11 bits per heavy atom. The van der Waals surface area contributed by atoms with Crippen LogP contribution in [0.1, 0.15) is 12.0 Å². The maximum atomic E-state index is 5.61. The summed E-state index contributed by atoms with van der Waals surface area (Å²) >= 11 is 0. The minimum atomic E-state index is 0.740. The van der Waals surface area contributed by atoms with E-state index in [0.29, 0.717) is 0 Å². The quantitative estimate of drug-likeness (QED) is 0.758. The van der Waals surface area contributed by atoms with Gasteiger partial charge in [0.15, 0.2) is 0 Å². The Bertz CT molecular complexity index is 453. The lowest BCUT2D eigenvalue weighted by atomic mass is 10.3. The van der Waals surface area contributed by atoms with Crippen molar-refractivity contribution in [3.8, 4) is 5.75 Å². The molecule has 2 aromatic rings. The third-order valence-electron chi connectivity index (χ3n) is 2.60. The predicted molar refractivity (Wildman–Crippen MR) is 71.5 cm³/mol. The second-order valence-electron chi connectivity index (χ2n) is 4.21. The summed E-state index contributed by atoms with van der Waals surface area (Å²) in [5, 5.41) is 7.49. The molecule has 0 saturated carbocycles. The Labute approximate surface area is 108 Å². The van der Waals surface area contributed by atoms with Gasteiger partial charge in [0.2, 0.25) is 0 Å². The average Bonchev–Trinajstić information content (AvgIpc) is 2.81. The van der Waals surface area contributed by atoms with E-state index in [1.54, 1.807) is 0 Å². The lowest BCUT2D eigenvalue weighted by molar-refractivity contribution is 0.308. The van der Waals surface area contributed by atoms with E-state index in [4.69, 9.17) is 4.74 Å². The Morgan fingerprint density at radius 1 is 1.28 bits per heavy atom. The van der Waals surface area contributed by atoms with Crippen molar-refractivity contribution in [3.63, 3.8) is 0 Å². The van der Waals surface area contributed by atoms with Crippen molar-refractivity contribution < 1.29 is 4.74 Å². The maximum absolute atomic E-state index is 5.61. The summed E-state index contributed by atoms with van der Waals surface area (Å²) in [5.41, 5.74) is 1.21. The highest BCUT2D eigenvalue weighted by atomic mass is 16.5. The topological polar surface area (TPSA) is 39.1 Å². The van der Waals surface area contributed by atoms with Crippen LogP contribution in [-0.4, -0.2) is 22.9 Å². The zero-order valence-electron chi connectivity index (χ0n) is 10.7. The Kier molecular flexibility index (Phi) is 4.78. The first kappa shape index (κ1) is 12.6. The van der Waals surface area contributed by atoms with Crippen molar-refractivity contribution in [2.45, 2.75) is 13.0 Å². The van der Waals surface area contributed by atoms with Crippen molar-refractivity contribution in [1.82, 2.24) is 15.1 Å². The van der Waals surface area contributed by atoms with Gasteiger partial charge in [0.25, 0.3) is 0 Å². The maximum Gasteiger partial charge on any atom is 0.119 e. The molecule has 0 bridgehead atoms. The molecule has 0 radical (unpaired) electrons.